The number of hydrogen-bond donors (Lipinski definition) is 1. The smallest absolute Gasteiger partial charge is 0.130 e. The zero-order valence-electron chi connectivity index (χ0n) is 11.9. The number of aromatic nitrogens is 2. The van der Waals surface area contributed by atoms with Crippen molar-refractivity contribution in [3.63, 3.8) is 0 Å². The Bertz CT molecular complexity index is 554. The van der Waals surface area contributed by atoms with Crippen LogP contribution in [0.2, 0.25) is 0 Å². The van der Waals surface area contributed by atoms with E-state index >= 15 is 0 Å². The normalized spacial score (nSPS) is 10.8. The molecule has 1 heterocycles. The number of halogens is 1. The van der Waals surface area contributed by atoms with Gasteiger partial charge in [0.25, 0.3) is 0 Å². The minimum atomic E-state index is -0.283. The van der Waals surface area contributed by atoms with Gasteiger partial charge in [-0.15, -0.1) is 0 Å². The summed E-state index contributed by atoms with van der Waals surface area (Å²) < 4.78 is 21.2. The van der Waals surface area contributed by atoms with E-state index in [0.29, 0.717) is 18.9 Å². The molecule has 1 aromatic heterocycles. The molecule has 5 heteroatoms. The van der Waals surface area contributed by atoms with Crippen LogP contribution in [0.1, 0.15) is 24.6 Å². The van der Waals surface area contributed by atoms with Gasteiger partial charge in [0, 0.05) is 19.2 Å². The van der Waals surface area contributed by atoms with Crippen LogP contribution in [0.4, 0.5) is 4.39 Å². The maximum atomic E-state index is 13.5. The monoisotopic (exact) mass is 277 g/mol. The first kappa shape index (κ1) is 14.5. The van der Waals surface area contributed by atoms with Crippen LogP contribution in [0, 0.1) is 5.82 Å². The lowest BCUT2D eigenvalue weighted by molar-refractivity contribution is 0.292. The first-order chi connectivity index (χ1) is 9.72. The minimum Gasteiger partial charge on any atom is -0.487 e. The lowest BCUT2D eigenvalue weighted by Gasteiger charge is -2.10. The number of benzene rings is 1. The first-order valence-corrected chi connectivity index (χ1v) is 6.78. The van der Waals surface area contributed by atoms with Crippen molar-refractivity contribution in [2.45, 2.75) is 33.0 Å². The van der Waals surface area contributed by atoms with Gasteiger partial charge in [0.2, 0.25) is 0 Å². The van der Waals surface area contributed by atoms with Crippen molar-refractivity contribution in [3.05, 3.63) is 47.8 Å². The van der Waals surface area contributed by atoms with E-state index in [1.54, 1.807) is 12.5 Å². The van der Waals surface area contributed by atoms with Gasteiger partial charge in [-0.1, -0.05) is 6.92 Å². The van der Waals surface area contributed by atoms with Gasteiger partial charge in [-0.05, 0) is 31.2 Å². The summed E-state index contributed by atoms with van der Waals surface area (Å²) in [6.45, 7) is 4.03. The molecule has 0 spiro atoms. The van der Waals surface area contributed by atoms with Gasteiger partial charge in [0.05, 0.1) is 18.2 Å². The predicted octanol–water partition coefficient (Wildman–Crippen LogP) is 2.73. The standard InChI is InChI=1S/C15H20FN3O/c1-3-4-19-11-18-9-14(19)10-20-15-6-12(8-17-2)5-13(16)7-15/h5-7,9,11,17H,3-4,8,10H2,1-2H3. The third kappa shape index (κ3) is 3.81. The number of aryl methyl sites for hydroxylation is 1. The van der Waals surface area contributed by atoms with E-state index in [-0.39, 0.29) is 5.82 Å². The molecule has 0 radical (unpaired) electrons. The molecule has 0 saturated carbocycles. The molecule has 0 fully saturated rings. The molecule has 0 amide bonds. The fourth-order valence-corrected chi connectivity index (χ4v) is 2.08. The molecule has 0 saturated heterocycles. The minimum absolute atomic E-state index is 0.283. The molecule has 2 aromatic rings. The summed E-state index contributed by atoms with van der Waals surface area (Å²) in [5, 5.41) is 3.00. The highest BCUT2D eigenvalue weighted by Gasteiger charge is 2.05. The molecule has 108 valence electrons. The predicted molar refractivity (Wildman–Crippen MR) is 76.0 cm³/mol. The summed E-state index contributed by atoms with van der Waals surface area (Å²) in [5.74, 6) is 0.259. The van der Waals surface area contributed by atoms with Gasteiger partial charge in [0.1, 0.15) is 18.2 Å². The molecular formula is C15H20FN3O. The second kappa shape index (κ2) is 7.05. The van der Waals surface area contributed by atoms with E-state index in [1.165, 1.54) is 12.1 Å². The van der Waals surface area contributed by atoms with E-state index < -0.39 is 0 Å². The Morgan fingerprint density at radius 1 is 1.35 bits per heavy atom. The molecule has 20 heavy (non-hydrogen) atoms. The van der Waals surface area contributed by atoms with Gasteiger partial charge >= 0.3 is 0 Å². The fraction of sp³-hybridized carbons (Fsp3) is 0.400. The van der Waals surface area contributed by atoms with E-state index in [1.807, 2.05) is 17.7 Å². The average molecular weight is 277 g/mol. The number of nitrogens with one attached hydrogen (secondary N) is 1. The molecule has 1 N–H and O–H groups in total. The number of rotatable bonds is 7. The lowest BCUT2D eigenvalue weighted by Crippen LogP contribution is -2.07. The lowest BCUT2D eigenvalue weighted by atomic mass is 10.2. The van der Waals surface area contributed by atoms with E-state index in [2.05, 4.69) is 17.2 Å². The van der Waals surface area contributed by atoms with Crippen LogP contribution in [0.5, 0.6) is 5.75 Å². The Morgan fingerprint density at radius 2 is 2.20 bits per heavy atom. The third-order valence-electron chi connectivity index (χ3n) is 2.96. The van der Waals surface area contributed by atoms with Gasteiger partial charge < -0.3 is 14.6 Å². The number of nitrogens with zero attached hydrogens (tertiary/aromatic N) is 2. The Hall–Kier alpha value is -1.88. The van der Waals surface area contributed by atoms with Crippen molar-refractivity contribution in [3.8, 4) is 5.75 Å². The molecule has 0 atom stereocenters. The maximum Gasteiger partial charge on any atom is 0.130 e. The molecule has 0 aliphatic heterocycles. The maximum absolute atomic E-state index is 13.5. The summed E-state index contributed by atoms with van der Waals surface area (Å²) in [5.41, 5.74) is 1.86. The zero-order valence-corrected chi connectivity index (χ0v) is 11.9. The summed E-state index contributed by atoms with van der Waals surface area (Å²) in [7, 11) is 1.83. The second-order valence-electron chi connectivity index (χ2n) is 4.69. The summed E-state index contributed by atoms with van der Waals surface area (Å²) >= 11 is 0. The molecular weight excluding hydrogens is 257 g/mol. The Kier molecular flexibility index (Phi) is 5.12. The average Bonchev–Trinajstić information content (AvgIpc) is 2.84. The molecule has 4 nitrogen and oxygen atoms in total. The van der Waals surface area contributed by atoms with Gasteiger partial charge in [-0.2, -0.15) is 0 Å². The summed E-state index contributed by atoms with van der Waals surface area (Å²) in [6.07, 6.45) is 4.61. The van der Waals surface area contributed by atoms with Crippen LogP contribution in [0.15, 0.2) is 30.7 Å². The second-order valence-corrected chi connectivity index (χ2v) is 4.69. The Balaban J connectivity index is 2.04. The van der Waals surface area contributed by atoms with Crippen molar-refractivity contribution in [2.75, 3.05) is 7.05 Å². The molecule has 0 aliphatic rings. The van der Waals surface area contributed by atoms with Gasteiger partial charge in [-0.3, -0.25) is 0 Å². The topological polar surface area (TPSA) is 39.1 Å². The fourth-order valence-electron chi connectivity index (χ4n) is 2.08. The van der Waals surface area contributed by atoms with Crippen LogP contribution in [0.3, 0.4) is 0 Å². The largest absolute Gasteiger partial charge is 0.487 e. The molecule has 0 aliphatic carbocycles. The number of hydrogen-bond acceptors (Lipinski definition) is 3. The van der Waals surface area contributed by atoms with Crippen molar-refractivity contribution < 1.29 is 9.13 Å². The van der Waals surface area contributed by atoms with Gasteiger partial charge in [0.15, 0.2) is 0 Å². The quantitative estimate of drug-likeness (QED) is 0.846. The van der Waals surface area contributed by atoms with Crippen LogP contribution in [-0.4, -0.2) is 16.6 Å². The van der Waals surface area contributed by atoms with Crippen molar-refractivity contribution in [2.24, 2.45) is 0 Å². The van der Waals surface area contributed by atoms with E-state index in [0.717, 1.165) is 24.2 Å². The molecule has 1 aromatic carbocycles. The van der Waals surface area contributed by atoms with E-state index in [9.17, 15) is 4.39 Å². The SMILES string of the molecule is CCCn1cncc1COc1cc(F)cc(CNC)c1. The van der Waals surface area contributed by atoms with Crippen LogP contribution < -0.4 is 10.1 Å². The highest BCUT2D eigenvalue weighted by Crippen LogP contribution is 2.18. The Labute approximate surface area is 118 Å². The summed E-state index contributed by atoms with van der Waals surface area (Å²) in [4.78, 5) is 4.12. The van der Waals surface area contributed by atoms with Crippen LogP contribution in [-0.2, 0) is 19.7 Å². The van der Waals surface area contributed by atoms with Crippen LogP contribution >= 0.6 is 0 Å². The summed E-state index contributed by atoms with van der Waals surface area (Å²) in [6, 6.07) is 4.75. The van der Waals surface area contributed by atoms with Crippen molar-refractivity contribution >= 4 is 0 Å². The van der Waals surface area contributed by atoms with Gasteiger partial charge in [-0.25, -0.2) is 9.37 Å². The third-order valence-corrected chi connectivity index (χ3v) is 2.96. The van der Waals surface area contributed by atoms with Crippen LogP contribution in [0.25, 0.3) is 0 Å². The Morgan fingerprint density at radius 3 is 2.95 bits per heavy atom. The highest BCUT2D eigenvalue weighted by molar-refractivity contribution is 5.29. The first-order valence-electron chi connectivity index (χ1n) is 6.78. The molecule has 0 bridgehead atoms. The number of imidazole rings is 1. The number of ether oxygens (including phenoxy) is 1. The van der Waals surface area contributed by atoms with E-state index in [4.69, 9.17) is 4.74 Å². The zero-order chi connectivity index (χ0) is 14.4. The van der Waals surface area contributed by atoms with Crippen molar-refractivity contribution in [1.82, 2.24) is 14.9 Å². The molecule has 0 unspecified atom stereocenters. The van der Waals surface area contributed by atoms with Crippen molar-refractivity contribution in [1.29, 1.82) is 0 Å². The highest BCUT2D eigenvalue weighted by atomic mass is 19.1. The molecule has 2 rings (SSSR count).